The number of carbonyl (C=O) groups excluding carboxylic acids is 1. The molecule has 6 rings (SSSR count). The molecule has 30 heavy (non-hydrogen) atoms. The normalized spacial score (nSPS) is 22.9. The van der Waals surface area contributed by atoms with E-state index in [0.29, 0.717) is 18.3 Å². The molecular formula is C25H28N2O3. The van der Waals surface area contributed by atoms with Crippen molar-refractivity contribution in [3.8, 4) is 16.9 Å². The van der Waals surface area contributed by atoms with E-state index in [1.807, 2.05) is 48.5 Å². The minimum absolute atomic E-state index is 0.119. The average Bonchev–Trinajstić information content (AvgIpc) is 3.23. The van der Waals surface area contributed by atoms with Gasteiger partial charge in [0.25, 0.3) is 5.91 Å². The number of rotatable bonds is 6. The quantitative estimate of drug-likeness (QED) is 0.646. The highest BCUT2D eigenvalue weighted by molar-refractivity contribution is 6.00. The number of para-hydroxylation sites is 2. The van der Waals surface area contributed by atoms with Crippen molar-refractivity contribution in [3.63, 3.8) is 0 Å². The van der Waals surface area contributed by atoms with Gasteiger partial charge in [0.05, 0.1) is 6.61 Å². The summed E-state index contributed by atoms with van der Waals surface area (Å²) in [5.41, 5.74) is 2.65. The zero-order chi connectivity index (χ0) is 20.5. The van der Waals surface area contributed by atoms with Crippen molar-refractivity contribution in [3.05, 3.63) is 54.3 Å². The maximum absolute atomic E-state index is 13.0. The van der Waals surface area contributed by atoms with Gasteiger partial charge in [-0.1, -0.05) is 43.3 Å². The highest BCUT2D eigenvalue weighted by atomic mass is 16.5. The Morgan fingerprint density at radius 1 is 1.13 bits per heavy atom. The van der Waals surface area contributed by atoms with Crippen molar-refractivity contribution in [1.82, 2.24) is 10.2 Å². The zero-order valence-electron chi connectivity index (χ0n) is 17.4. The summed E-state index contributed by atoms with van der Waals surface area (Å²) in [5, 5.41) is 4.15. The Morgan fingerprint density at radius 3 is 2.70 bits per heavy atom. The number of benzene rings is 2. The molecule has 1 amide bonds. The molecule has 4 heterocycles. The Bertz CT molecular complexity index is 1050. The predicted octanol–water partition coefficient (Wildman–Crippen LogP) is 4.71. The van der Waals surface area contributed by atoms with Crippen LogP contribution in [0.15, 0.2) is 52.9 Å². The molecule has 156 valence electrons. The molecule has 3 fully saturated rings. The van der Waals surface area contributed by atoms with E-state index in [0.717, 1.165) is 53.9 Å². The lowest BCUT2D eigenvalue weighted by molar-refractivity contribution is 0.0607. The first-order valence-electron chi connectivity index (χ1n) is 11.0. The Labute approximate surface area is 177 Å². The van der Waals surface area contributed by atoms with Gasteiger partial charge in [-0.3, -0.25) is 4.79 Å². The summed E-state index contributed by atoms with van der Waals surface area (Å²) in [4.78, 5) is 15.4. The van der Waals surface area contributed by atoms with Gasteiger partial charge in [0, 0.05) is 29.1 Å². The van der Waals surface area contributed by atoms with E-state index < -0.39 is 0 Å². The molecule has 3 aliphatic rings. The van der Waals surface area contributed by atoms with Gasteiger partial charge >= 0.3 is 0 Å². The summed E-state index contributed by atoms with van der Waals surface area (Å²) in [6.07, 6.45) is 3.29. The summed E-state index contributed by atoms with van der Waals surface area (Å²) in [5.74, 6) is 1.68. The number of piperidine rings is 3. The SMILES string of the molecule is CCCOc1ccccc1-c1cccc2cc(C(=O)N[C@@H]3CN4CCC3CC4)oc12. The number of hydrogen-bond donors (Lipinski definition) is 1. The Morgan fingerprint density at radius 2 is 1.93 bits per heavy atom. The fourth-order valence-electron chi connectivity index (χ4n) is 4.78. The molecule has 2 aromatic carbocycles. The molecule has 0 aliphatic carbocycles. The van der Waals surface area contributed by atoms with Crippen LogP contribution in [0.4, 0.5) is 0 Å². The summed E-state index contributed by atoms with van der Waals surface area (Å²) in [6, 6.07) is 16.1. The van der Waals surface area contributed by atoms with Gasteiger partial charge in [-0.25, -0.2) is 0 Å². The number of nitrogens with zero attached hydrogens (tertiary/aromatic N) is 1. The van der Waals surface area contributed by atoms with Crippen molar-refractivity contribution in [2.45, 2.75) is 32.2 Å². The monoisotopic (exact) mass is 404 g/mol. The Hall–Kier alpha value is -2.79. The fourth-order valence-corrected chi connectivity index (χ4v) is 4.78. The Kier molecular flexibility index (Phi) is 5.21. The number of furan rings is 1. The van der Waals surface area contributed by atoms with Crippen molar-refractivity contribution < 1.29 is 13.9 Å². The number of hydrogen-bond acceptors (Lipinski definition) is 4. The zero-order valence-corrected chi connectivity index (χ0v) is 17.4. The van der Waals surface area contributed by atoms with Gasteiger partial charge in [-0.05, 0) is 50.4 Å². The summed E-state index contributed by atoms with van der Waals surface area (Å²) in [7, 11) is 0. The Balaban J connectivity index is 1.44. The summed E-state index contributed by atoms with van der Waals surface area (Å²) >= 11 is 0. The number of carbonyl (C=O) groups is 1. The number of amides is 1. The third-order valence-corrected chi connectivity index (χ3v) is 6.38. The third-order valence-electron chi connectivity index (χ3n) is 6.38. The van der Waals surface area contributed by atoms with Crippen LogP contribution in [0.5, 0.6) is 5.75 Å². The average molecular weight is 405 g/mol. The van der Waals surface area contributed by atoms with Crippen LogP contribution >= 0.6 is 0 Å². The van der Waals surface area contributed by atoms with Crippen molar-refractivity contribution in [1.29, 1.82) is 0 Å². The van der Waals surface area contributed by atoms with E-state index >= 15 is 0 Å². The molecule has 0 spiro atoms. The molecule has 1 aromatic heterocycles. The van der Waals surface area contributed by atoms with E-state index in [1.165, 1.54) is 12.8 Å². The lowest BCUT2D eigenvalue weighted by Gasteiger charge is -2.44. The van der Waals surface area contributed by atoms with Crippen LogP contribution < -0.4 is 10.1 Å². The maximum Gasteiger partial charge on any atom is 0.287 e. The minimum atomic E-state index is -0.119. The standard InChI is InChI=1S/C25H28N2O3/c1-2-14-29-22-9-4-3-7-19(22)20-8-5-6-18-15-23(30-24(18)20)25(28)26-21-16-27-12-10-17(21)11-13-27/h3-9,15,17,21H,2,10-14,16H2,1H3,(H,26,28)/t21-/m1/s1. The van der Waals surface area contributed by atoms with E-state index in [2.05, 4.69) is 17.1 Å². The first-order chi connectivity index (χ1) is 14.7. The lowest BCUT2D eigenvalue weighted by Crippen LogP contribution is -2.57. The second-order valence-electron chi connectivity index (χ2n) is 8.40. The number of fused-ring (bicyclic) bond motifs is 4. The van der Waals surface area contributed by atoms with Crippen molar-refractivity contribution in [2.75, 3.05) is 26.2 Å². The predicted molar refractivity (Wildman–Crippen MR) is 118 cm³/mol. The van der Waals surface area contributed by atoms with Crippen molar-refractivity contribution in [2.24, 2.45) is 5.92 Å². The van der Waals surface area contributed by atoms with Crippen LogP contribution in [0.2, 0.25) is 0 Å². The molecule has 3 saturated heterocycles. The molecule has 0 saturated carbocycles. The van der Waals surface area contributed by atoms with Crippen LogP contribution in [0.25, 0.3) is 22.1 Å². The molecule has 1 atom stereocenters. The van der Waals surface area contributed by atoms with E-state index in [1.54, 1.807) is 0 Å². The number of nitrogens with one attached hydrogen (secondary N) is 1. The van der Waals surface area contributed by atoms with Gasteiger partial charge in [-0.15, -0.1) is 0 Å². The fraction of sp³-hybridized carbons (Fsp3) is 0.400. The maximum atomic E-state index is 13.0. The smallest absolute Gasteiger partial charge is 0.287 e. The third kappa shape index (κ3) is 3.58. The second-order valence-corrected chi connectivity index (χ2v) is 8.40. The highest BCUT2D eigenvalue weighted by Crippen LogP contribution is 2.36. The van der Waals surface area contributed by atoms with Crippen LogP contribution in [-0.4, -0.2) is 43.1 Å². The molecule has 2 bridgehead atoms. The molecule has 5 heteroatoms. The minimum Gasteiger partial charge on any atom is -0.493 e. The molecule has 3 aliphatic heterocycles. The van der Waals surface area contributed by atoms with E-state index in [9.17, 15) is 4.79 Å². The first-order valence-corrected chi connectivity index (χ1v) is 11.0. The van der Waals surface area contributed by atoms with Gasteiger partial charge in [0.2, 0.25) is 0 Å². The molecule has 1 N–H and O–H groups in total. The highest BCUT2D eigenvalue weighted by Gasteiger charge is 2.35. The van der Waals surface area contributed by atoms with Gasteiger partial charge < -0.3 is 19.4 Å². The summed E-state index contributed by atoms with van der Waals surface area (Å²) in [6.45, 7) is 6.02. The van der Waals surface area contributed by atoms with Crippen LogP contribution in [0.1, 0.15) is 36.7 Å². The number of ether oxygens (including phenoxy) is 1. The van der Waals surface area contributed by atoms with Gasteiger partial charge in [-0.2, -0.15) is 0 Å². The summed E-state index contributed by atoms with van der Waals surface area (Å²) < 4.78 is 12.1. The largest absolute Gasteiger partial charge is 0.493 e. The van der Waals surface area contributed by atoms with Crippen molar-refractivity contribution >= 4 is 16.9 Å². The van der Waals surface area contributed by atoms with Gasteiger partial charge in [0.15, 0.2) is 5.76 Å². The van der Waals surface area contributed by atoms with Crippen LogP contribution in [0, 0.1) is 5.92 Å². The molecule has 0 radical (unpaired) electrons. The van der Waals surface area contributed by atoms with E-state index in [4.69, 9.17) is 9.15 Å². The van der Waals surface area contributed by atoms with E-state index in [-0.39, 0.29) is 11.9 Å². The molecule has 3 aromatic rings. The van der Waals surface area contributed by atoms with Crippen LogP contribution in [0.3, 0.4) is 0 Å². The van der Waals surface area contributed by atoms with Crippen LogP contribution in [-0.2, 0) is 0 Å². The second kappa shape index (κ2) is 8.15. The lowest BCUT2D eigenvalue weighted by atomic mass is 9.84. The molecule has 0 unspecified atom stereocenters. The topological polar surface area (TPSA) is 54.7 Å². The molecular weight excluding hydrogens is 376 g/mol. The first kappa shape index (κ1) is 19.2. The van der Waals surface area contributed by atoms with Gasteiger partial charge in [0.1, 0.15) is 11.3 Å². The molecule has 5 nitrogen and oxygen atoms in total.